The highest BCUT2D eigenvalue weighted by Crippen LogP contribution is 2.33. The largest absolute Gasteiger partial charge is 0.481 e. The highest BCUT2D eigenvalue weighted by atomic mass is 16.4. The van der Waals surface area contributed by atoms with Crippen LogP contribution in [0.4, 0.5) is 0 Å². The highest BCUT2D eigenvalue weighted by Gasteiger charge is 2.30. The van der Waals surface area contributed by atoms with E-state index in [0.29, 0.717) is 11.8 Å². The fourth-order valence-electron chi connectivity index (χ4n) is 3.12. The van der Waals surface area contributed by atoms with Gasteiger partial charge in [0.25, 0.3) is 0 Å². The molecule has 2 unspecified atom stereocenters. The molecule has 0 aromatic heterocycles. The molecule has 2 rings (SSSR count). The predicted molar refractivity (Wildman–Crippen MR) is 77.3 cm³/mol. The molecule has 1 N–H and O–H groups in total. The van der Waals surface area contributed by atoms with Crippen molar-refractivity contribution in [3.63, 3.8) is 0 Å². The van der Waals surface area contributed by atoms with Gasteiger partial charge in [-0.3, -0.25) is 4.79 Å². The second kappa shape index (κ2) is 6.23. The second-order valence-corrected chi connectivity index (χ2v) is 6.09. The fraction of sp³-hybridized carbons (Fsp3) is 0.588. The van der Waals surface area contributed by atoms with E-state index in [0.717, 1.165) is 25.7 Å². The Morgan fingerprint density at radius 1 is 1.21 bits per heavy atom. The van der Waals surface area contributed by atoms with Crippen LogP contribution in [-0.4, -0.2) is 11.1 Å². The van der Waals surface area contributed by atoms with Gasteiger partial charge in [0.1, 0.15) is 0 Å². The highest BCUT2D eigenvalue weighted by molar-refractivity contribution is 5.70. The summed E-state index contributed by atoms with van der Waals surface area (Å²) in [5, 5.41) is 9.30. The molecule has 1 aliphatic rings. The van der Waals surface area contributed by atoms with Gasteiger partial charge in [0.05, 0.1) is 5.92 Å². The minimum atomic E-state index is -0.608. The van der Waals surface area contributed by atoms with Crippen LogP contribution in [0.5, 0.6) is 0 Å². The lowest BCUT2D eigenvalue weighted by atomic mass is 9.76. The molecule has 0 spiro atoms. The van der Waals surface area contributed by atoms with Gasteiger partial charge in [-0.25, -0.2) is 0 Å². The first-order valence-corrected chi connectivity index (χ1v) is 7.39. The summed E-state index contributed by atoms with van der Waals surface area (Å²) in [4.78, 5) is 11.3. The van der Waals surface area contributed by atoms with Crippen molar-refractivity contribution in [1.29, 1.82) is 0 Å². The first kappa shape index (κ1) is 14.1. The summed E-state index contributed by atoms with van der Waals surface area (Å²) >= 11 is 0. The second-order valence-electron chi connectivity index (χ2n) is 6.09. The number of hydrogen-bond acceptors (Lipinski definition) is 1. The van der Waals surface area contributed by atoms with Gasteiger partial charge in [-0.05, 0) is 42.2 Å². The van der Waals surface area contributed by atoms with E-state index < -0.39 is 5.97 Å². The predicted octanol–water partition coefficient (Wildman–Crippen LogP) is 4.24. The fourth-order valence-corrected chi connectivity index (χ4v) is 3.12. The van der Waals surface area contributed by atoms with E-state index in [4.69, 9.17) is 0 Å². The molecule has 19 heavy (non-hydrogen) atoms. The minimum Gasteiger partial charge on any atom is -0.481 e. The molecule has 0 saturated heterocycles. The monoisotopic (exact) mass is 260 g/mol. The number of carboxylic acid groups (broad SMARTS) is 1. The molecular weight excluding hydrogens is 236 g/mol. The van der Waals surface area contributed by atoms with Crippen molar-refractivity contribution in [2.45, 2.75) is 51.9 Å². The number of benzene rings is 1. The first-order valence-electron chi connectivity index (χ1n) is 7.39. The molecule has 0 bridgehead atoms. The topological polar surface area (TPSA) is 37.3 Å². The number of rotatable bonds is 4. The molecule has 104 valence electrons. The molecule has 1 fully saturated rings. The molecule has 0 aliphatic heterocycles. The van der Waals surface area contributed by atoms with E-state index in [1.165, 1.54) is 17.5 Å². The Balaban J connectivity index is 2.04. The van der Waals surface area contributed by atoms with Crippen molar-refractivity contribution < 1.29 is 9.90 Å². The molecule has 0 amide bonds. The van der Waals surface area contributed by atoms with Crippen LogP contribution in [0.1, 0.15) is 56.6 Å². The Kier molecular flexibility index (Phi) is 4.62. The van der Waals surface area contributed by atoms with Crippen LogP contribution in [-0.2, 0) is 11.2 Å². The number of carbonyl (C=O) groups is 1. The van der Waals surface area contributed by atoms with Crippen LogP contribution in [0.2, 0.25) is 0 Å². The van der Waals surface area contributed by atoms with Crippen molar-refractivity contribution in [2.24, 2.45) is 11.8 Å². The summed E-state index contributed by atoms with van der Waals surface area (Å²) in [5.74, 6) is 0.119. The van der Waals surface area contributed by atoms with Crippen LogP contribution in [0.25, 0.3) is 0 Å². The van der Waals surface area contributed by atoms with Crippen LogP contribution < -0.4 is 0 Å². The van der Waals surface area contributed by atoms with E-state index in [1.807, 2.05) is 0 Å². The minimum absolute atomic E-state index is 0.140. The molecule has 2 heteroatoms. The maximum atomic E-state index is 11.3. The summed E-state index contributed by atoms with van der Waals surface area (Å²) in [6.45, 7) is 4.38. The smallest absolute Gasteiger partial charge is 0.306 e. The average molecular weight is 260 g/mol. The molecule has 0 radical (unpaired) electrons. The number of hydrogen-bond donors (Lipinski definition) is 1. The van der Waals surface area contributed by atoms with Gasteiger partial charge >= 0.3 is 5.97 Å². The third kappa shape index (κ3) is 3.59. The van der Waals surface area contributed by atoms with Gasteiger partial charge in [-0.15, -0.1) is 0 Å². The Morgan fingerprint density at radius 3 is 2.42 bits per heavy atom. The lowest BCUT2D eigenvalue weighted by Crippen LogP contribution is -2.28. The van der Waals surface area contributed by atoms with Gasteiger partial charge in [0, 0.05) is 0 Å². The van der Waals surface area contributed by atoms with E-state index in [1.54, 1.807) is 0 Å². The normalized spacial score (nSPS) is 23.5. The molecular formula is C17H24O2. The first-order chi connectivity index (χ1) is 9.08. The van der Waals surface area contributed by atoms with Gasteiger partial charge in [0.15, 0.2) is 0 Å². The van der Waals surface area contributed by atoms with Crippen molar-refractivity contribution >= 4 is 5.97 Å². The zero-order valence-corrected chi connectivity index (χ0v) is 11.9. The Morgan fingerprint density at radius 2 is 1.84 bits per heavy atom. The maximum absolute atomic E-state index is 11.3. The molecule has 2 atom stereocenters. The number of aliphatic carboxylic acids is 1. The summed E-state index contributed by atoms with van der Waals surface area (Å²) in [7, 11) is 0. The number of carboxylic acids is 1. The van der Waals surface area contributed by atoms with E-state index in [-0.39, 0.29) is 5.92 Å². The summed E-state index contributed by atoms with van der Waals surface area (Å²) in [6, 6.07) is 8.70. The average Bonchev–Trinajstić information content (AvgIpc) is 2.39. The SMILES string of the molecule is CC(C)c1ccc(CC2CCCCC2C(=O)O)cc1. The Hall–Kier alpha value is -1.31. The third-order valence-electron chi connectivity index (χ3n) is 4.37. The van der Waals surface area contributed by atoms with Crippen LogP contribution in [0.15, 0.2) is 24.3 Å². The van der Waals surface area contributed by atoms with Crippen LogP contribution in [0, 0.1) is 11.8 Å². The lowest BCUT2D eigenvalue weighted by molar-refractivity contribution is -0.144. The van der Waals surface area contributed by atoms with Gasteiger partial charge in [0.2, 0.25) is 0 Å². The molecule has 1 aromatic carbocycles. The van der Waals surface area contributed by atoms with Crippen molar-refractivity contribution in [3.05, 3.63) is 35.4 Å². The van der Waals surface area contributed by atoms with Crippen molar-refractivity contribution in [1.82, 2.24) is 0 Å². The molecule has 1 aliphatic carbocycles. The van der Waals surface area contributed by atoms with Gasteiger partial charge in [-0.1, -0.05) is 51.0 Å². The van der Waals surface area contributed by atoms with Crippen molar-refractivity contribution in [2.75, 3.05) is 0 Å². The molecule has 1 aromatic rings. The summed E-state index contributed by atoms with van der Waals surface area (Å²) in [6.07, 6.45) is 5.07. The van der Waals surface area contributed by atoms with Crippen LogP contribution >= 0.6 is 0 Å². The van der Waals surface area contributed by atoms with E-state index >= 15 is 0 Å². The zero-order chi connectivity index (χ0) is 13.8. The van der Waals surface area contributed by atoms with E-state index in [2.05, 4.69) is 38.1 Å². The maximum Gasteiger partial charge on any atom is 0.306 e. The summed E-state index contributed by atoms with van der Waals surface area (Å²) in [5.41, 5.74) is 2.63. The van der Waals surface area contributed by atoms with Crippen LogP contribution in [0.3, 0.4) is 0 Å². The zero-order valence-electron chi connectivity index (χ0n) is 11.9. The third-order valence-corrected chi connectivity index (χ3v) is 4.37. The van der Waals surface area contributed by atoms with E-state index in [9.17, 15) is 9.90 Å². The quantitative estimate of drug-likeness (QED) is 0.879. The van der Waals surface area contributed by atoms with Gasteiger partial charge in [-0.2, -0.15) is 0 Å². The standard InChI is InChI=1S/C17H24O2/c1-12(2)14-9-7-13(8-10-14)11-15-5-3-4-6-16(15)17(18)19/h7-10,12,15-16H,3-6,11H2,1-2H3,(H,18,19). The molecule has 1 saturated carbocycles. The lowest BCUT2D eigenvalue weighted by Gasteiger charge is -2.28. The Labute approximate surface area is 115 Å². The van der Waals surface area contributed by atoms with Crippen molar-refractivity contribution in [3.8, 4) is 0 Å². The molecule has 2 nitrogen and oxygen atoms in total. The van der Waals surface area contributed by atoms with Gasteiger partial charge < -0.3 is 5.11 Å². The Bertz CT molecular complexity index is 419. The molecule has 0 heterocycles. The summed E-state index contributed by atoms with van der Waals surface area (Å²) < 4.78 is 0.